The van der Waals surface area contributed by atoms with Crippen LogP contribution in [0.2, 0.25) is 0 Å². The molecule has 6 nitrogen and oxygen atoms in total. The second kappa shape index (κ2) is 5.55. The summed E-state index contributed by atoms with van der Waals surface area (Å²) in [6, 6.07) is 9.41. The molecule has 0 aliphatic carbocycles. The number of hydrazone groups is 1. The summed E-state index contributed by atoms with van der Waals surface area (Å²) in [5.41, 5.74) is 3.30. The predicted octanol–water partition coefficient (Wildman–Crippen LogP) is 0.762. The quantitative estimate of drug-likeness (QED) is 0.621. The molecule has 0 fully saturated rings. The monoisotopic (exact) mass is 230 g/mol. The van der Waals surface area contributed by atoms with Crippen LogP contribution < -0.4 is 5.43 Å². The minimum absolute atomic E-state index is 0.202. The van der Waals surface area contributed by atoms with Crippen molar-refractivity contribution in [2.45, 2.75) is 6.42 Å². The second-order valence-electron chi connectivity index (χ2n) is 3.23. The van der Waals surface area contributed by atoms with Gasteiger partial charge in [-0.2, -0.15) is 5.10 Å². The maximum atomic E-state index is 11.4. The van der Waals surface area contributed by atoms with Gasteiger partial charge in [-0.05, 0) is 5.56 Å². The van der Waals surface area contributed by atoms with Crippen LogP contribution in [-0.2, 0) is 11.2 Å². The fraction of sp³-hybridized carbons (Fsp3) is 0.0909. The number of carbonyl (C=O) groups excluding carboxylic acids is 1. The van der Waals surface area contributed by atoms with Crippen LogP contribution in [0.1, 0.15) is 11.5 Å². The number of rotatable bonds is 4. The van der Waals surface area contributed by atoms with Crippen molar-refractivity contribution in [1.29, 1.82) is 0 Å². The van der Waals surface area contributed by atoms with Crippen molar-refractivity contribution >= 4 is 12.1 Å². The first-order chi connectivity index (χ1) is 8.34. The minimum Gasteiger partial charge on any atom is -0.423 e. The molecule has 1 amide bonds. The van der Waals surface area contributed by atoms with Crippen molar-refractivity contribution in [1.82, 2.24) is 15.6 Å². The van der Waals surface area contributed by atoms with Crippen molar-refractivity contribution in [2.24, 2.45) is 5.10 Å². The molecule has 2 aromatic rings. The fourth-order valence-electron chi connectivity index (χ4n) is 1.22. The average molecular weight is 230 g/mol. The molecule has 0 aliphatic heterocycles. The van der Waals surface area contributed by atoms with Gasteiger partial charge in [0.25, 0.3) is 5.89 Å². The number of nitrogens with one attached hydrogen (secondary N) is 1. The van der Waals surface area contributed by atoms with Crippen LogP contribution in [0.15, 0.2) is 46.2 Å². The van der Waals surface area contributed by atoms with E-state index in [0.29, 0.717) is 0 Å². The van der Waals surface area contributed by atoms with E-state index in [4.69, 9.17) is 4.42 Å². The van der Waals surface area contributed by atoms with Gasteiger partial charge in [0.1, 0.15) is 6.21 Å². The summed E-state index contributed by atoms with van der Waals surface area (Å²) in [7, 11) is 0. The van der Waals surface area contributed by atoms with E-state index in [0.717, 1.165) is 5.56 Å². The van der Waals surface area contributed by atoms with Crippen LogP contribution in [0.5, 0.6) is 0 Å². The lowest BCUT2D eigenvalue weighted by atomic mass is 10.1. The van der Waals surface area contributed by atoms with Crippen LogP contribution in [0.4, 0.5) is 0 Å². The maximum absolute atomic E-state index is 11.4. The molecule has 0 spiro atoms. The normalized spacial score (nSPS) is 10.6. The van der Waals surface area contributed by atoms with Gasteiger partial charge in [0, 0.05) is 0 Å². The van der Waals surface area contributed by atoms with Gasteiger partial charge in [0.15, 0.2) is 0 Å². The molecule has 0 radical (unpaired) electrons. The van der Waals surface area contributed by atoms with Gasteiger partial charge >= 0.3 is 0 Å². The Kier molecular flexibility index (Phi) is 3.59. The molecule has 0 bridgehead atoms. The van der Waals surface area contributed by atoms with E-state index in [1.165, 1.54) is 12.6 Å². The Morgan fingerprint density at radius 1 is 1.41 bits per heavy atom. The van der Waals surface area contributed by atoms with E-state index >= 15 is 0 Å². The summed E-state index contributed by atoms with van der Waals surface area (Å²) in [6.45, 7) is 0. The number of hydrogen-bond acceptors (Lipinski definition) is 5. The smallest absolute Gasteiger partial charge is 0.260 e. The zero-order chi connectivity index (χ0) is 11.9. The van der Waals surface area contributed by atoms with E-state index in [2.05, 4.69) is 20.7 Å². The number of carbonyl (C=O) groups is 1. The minimum atomic E-state index is -0.202. The highest BCUT2D eigenvalue weighted by molar-refractivity contribution is 5.80. The highest BCUT2D eigenvalue weighted by atomic mass is 16.4. The number of amides is 1. The number of benzene rings is 1. The number of nitrogens with zero attached hydrogens (tertiary/aromatic N) is 3. The summed E-state index contributed by atoms with van der Waals surface area (Å²) in [5.74, 6) is 0.0389. The standard InChI is InChI=1S/C11H10N4O2/c16-10(6-9-4-2-1-3-5-9)14-12-7-11-15-13-8-17-11/h1-5,7-8H,6H2,(H,14,16)/b12-7+. The summed E-state index contributed by atoms with van der Waals surface area (Å²) >= 11 is 0. The molecule has 0 unspecified atom stereocenters. The lowest BCUT2D eigenvalue weighted by molar-refractivity contribution is -0.120. The SMILES string of the molecule is O=C(Cc1ccccc1)N/N=C/c1nnco1. The van der Waals surface area contributed by atoms with Gasteiger partial charge < -0.3 is 4.42 Å². The second-order valence-corrected chi connectivity index (χ2v) is 3.23. The van der Waals surface area contributed by atoms with Gasteiger partial charge in [-0.25, -0.2) is 5.43 Å². The third-order valence-corrected chi connectivity index (χ3v) is 1.95. The van der Waals surface area contributed by atoms with Crippen LogP contribution in [0, 0.1) is 0 Å². The van der Waals surface area contributed by atoms with E-state index in [9.17, 15) is 4.79 Å². The molecule has 1 aromatic heterocycles. The molecule has 2 rings (SSSR count). The third kappa shape index (κ3) is 3.53. The molecule has 17 heavy (non-hydrogen) atoms. The zero-order valence-electron chi connectivity index (χ0n) is 8.91. The van der Waals surface area contributed by atoms with E-state index in [1.807, 2.05) is 30.3 Å². The first-order valence-electron chi connectivity index (χ1n) is 4.96. The van der Waals surface area contributed by atoms with E-state index < -0.39 is 0 Å². The highest BCUT2D eigenvalue weighted by Crippen LogP contribution is 1.98. The number of aromatic nitrogens is 2. The summed E-state index contributed by atoms with van der Waals surface area (Å²) in [5, 5.41) is 10.7. The predicted molar refractivity (Wildman–Crippen MR) is 60.2 cm³/mol. The van der Waals surface area contributed by atoms with Gasteiger partial charge in [0.05, 0.1) is 6.42 Å². The Bertz CT molecular complexity index is 493. The Balaban J connectivity index is 1.82. The highest BCUT2D eigenvalue weighted by Gasteiger charge is 2.00. The topological polar surface area (TPSA) is 80.4 Å². The molecular formula is C11H10N4O2. The first kappa shape index (κ1) is 11.0. The lowest BCUT2D eigenvalue weighted by Crippen LogP contribution is -2.19. The van der Waals surface area contributed by atoms with Crippen molar-refractivity contribution in [2.75, 3.05) is 0 Å². The average Bonchev–Trinajstić information content (AvgIpc) is 2.83. The van der Waals surface area contributed by atoms with Crippen LogP contribution in [0.25, 0.3) is 0 Å². The van der Waals surface area contributed by atoms with Gasteiger partial charge in [-0.3, -0.25) is 4.79 Å². The summed E-state index contributed by atoms with van der Waals surface area (Å²) < 4.78 is 4.81. The molecule has 6 heteroatoms. The van der Waals surface area contributed by atoms with Crippen LogP contribution in [-0.4, -0.2) is 22.3 Å². The molecular weight excluding hydrogens is 220 g/mol. The Hall–Kier alpha value is -2.50. The number of hydrogen-bond donors (Lipinski definition) is 1. The Labute approximate surface area is 97.4 Å². The molecule has 0 saturated carbocycles. The van der Waals surface area contributed by atoms with Crippen LogP contribution in [0.3, 0.4) is 0 Å². The van der Waals surface area contributed by atoms with Crippen molar-refractivity contribution in [3.63, 3.8) is 0 Å². The third-order valence-electron chi connectivity index (χ3n) is 1.95. The summed E-state index contributed by atoms with van der Waals surface area (Å²) in [4.78, 5) is 11.4. The Morgan fingerprint density at radius 3 is 2.94 bits per heavy atom. The van der Waals surface area contributed by atoms with Gasteiger partial charge in [0.2, 0.25) is 12.3 Å². The van der Waals surface area contributed by atoms with E-state index in [1.54, 1.807) is 0 Å². The largest absolute Gasteiger partial charge is 0.423 e. The van der Waals surface area contributed by atoms with Crippen molar-refractivity contribution in [3.8, 4) is 0 Å². The maximum Gasteiger partial charge on any atom is 0.260 e. The molecule has 1 N–H and O–H groups in total. The zero-order valence-corrected chi connectivity index (χ0v) is 8.91. The van der Waals surface area contributed by atoms with Crippen molar-refractivity contribution < 1.29 is 9.21 Å². The molecule has 0 aliphatic rings. The van der Waals surface area contributed by atoms with Crippen molar-refractivity contribution in [3.05, 3.63) is 48.2 Å². The molecule has 0 saturated heterocycles. The molecule has 0 atom stereocenters. The molecule has 1 heterocycles. The molecule has 1 aromatic carbocycles. The first-order valence-corrected chi connectivity index (χ1v) is 4.96. The fourth-order valence-corrected chi connectivity index (χ4v) is 1.22. The summed E-state index contributed by atoms with van der Waals surface area (Å²) in [6.07, 6.45) is 2.76. The van der Waals surface area contributed by atoms with Crippen LogP contribution >= 0.6 is 0 Å². The van der Waals surface area contributed by atoms with Gasteiger partial charge in [-0.15, -0.1) is 10.2 Å². The van der Waals surface area contributed by atoms with Gasteiger partial charge in [-0.1, -0.05) is 30.3 Å². The lowest BCUT2D eigenvalue weighted by Gasteiger charge is -1.98. The van der Waals surface area contributed by atoms with E-state index in [-0.39, 0.29) is 18.2 Å². The molecule has 86 valence electrons. The Morgan fingerprint density at radius 2 is 2.24 bits per heavy atom.